The Labute approximate surface area is 144 Å². The van der Waals surface area contributed by atoms with E-state index in [0.717, 1.165) is 0 Å². The zero-order valence-corrected chi connectivity index (χ0v) is 13.7. The Balaban J connectivity index is 2.96. The van der Waals surface area contributed by atoms with Crippen LogP contribution in [-0.2, 0) is 0 Å². The van der Waals surface area contributed by atoms with E-state index in [9.17, 15) is 9.90 Å². The van der Waals surface area contributed by atoms with Crippen LogP contribution in [0.3, 0.4) is 0 Å². The predicted octanol–water partition coefficient (Wildman–Crippen LogP) is 5.30. The van der Waals surface area contributed by atoms with Crippen molar-refractivity contribution in [2.45, 2.75) is 0 Å². The topological polar surface area (TPSA) is 76.2 Å². The zero-order chi connectivity index (χ0) is 15.9. The van der Waals surface area contributed by atoms with Crippen molar-refractivity contribution >= 4 is 69.8 Å². The number of rotatable bonds is 2. The number of carbonyl (C=O) groups is 1. The van der Waals surface area contributed by atoms with Gasteiger partial charge in [-0.2, -0.15) is 0 Å². The second kappa shape index (κ2) is 6.07. The highest BCUT2D eigenvalue weighted by Gasteiger charge is 2.25. The van der Waals surface area contributed by atoms with E-state index >= 15 is 0 Å². The predicted molar refractivity (Wildman–Crippen MR) is 86.1 cm³/mol. The second-order valence-electron chi connectivity index (χ2n) is 3.87. The smallest absolute Gasteiger partial charge is 0.336 e. The summed E-state index contributed by atoms with van der Waals surface area (Å²) < 4.78 is 0. The quantitative estimate of drug-likeness (QED) is 0.543. The van der Waals surface area contributed by atoms with Crippen molar-refractivity contribution in [3.63, 3.8) is 0 Å². The van der Waals surface area contributed by atoms with Crippen molar-refractivity contribution in [1.29, 1.82) is 0 Å². The molecule has 1 aromatic carbocycles. The van der Waals surface area contributed by atoms with Gasteiger partial charge in [0.05, 0.1) is 30.7 Å². The number of pyridine rings is 1. The summed E-state index contributed by atoms with van der Waals surface area (Å²) in [5.74, 6) is -1.30. The minimum atomic E-state index is -1.23. The first kappa shape index (κ1) is 16.5. The molecule has 0 aliphatic carbocycles. The molecule has 2 aromatic rings. The van der Waals surface area contributed by atoms with Crippen molar-refractivity contribution in [3.8, 4) is 11.1 Å². The van der Waals surface area contributed by atoms with E-state index in [-0.39, 0.29) is 47.6 Å². The van der Waals surface area contributed by atoms with Gasteiger partial charge in [0.1, 0.15) is 5.82 Å². The van der Waals surface area contributed by atoms with Crippen LogP contribution in [0.2, 0.25) is 25.1 Å². The van der Waals surface area contributed by atoms with E-state index < -0.39 is 5.97 Å². The van der Waals surface area contributed by atoms with Crippen LogP contribution in [0.5, 0.6) is 0 Å². The van der Waals surface area contributed by atoms with Crippen LogP contribution >= 0.6 is 58.0 Å². The Hall–Kier alpha value is -0.910. The lowest BCUT2D eigenvalue weighted by atomic mass is 10.0. The summed E-state index contributed by atoms with van der Waals surface area (Å²) in [4.78, 5) is 15.2. The Bertz CT molecular complexity index is 735. The molecule has 110 valence electrons. The third kappa shape index (κ3) is 2.74. The van der Waals surface area contributed by atoms with Gasteiger partial charge in [-0.25, -0.2) is 9.78 Å². The Morgan fingerprint density at radius 1 is 0.952 bits per heavy atom. The van der Waals surface area contributed by atoms with Gasteiger partial charge < -0.3 is 10.8 Å². The number of hydrogen-bond donors (Lipinski definition) is 2. The molecule has 0 atom stereocenters. The molecule has 0 aliphatic heterocycles. The highest BCUT2D eigenvalue weighted by Crippen LogP contribution is 2.49. The van der Waals surface area contributed by atoms with Gasteiger partial charge in [0, 0.05) is 17.3 Å². The van der Waals surface area contributed by atoms with Crippen molar-refractivity contribution < 1.29 is 9.90 Å². The van der Waals surface area contributed by atoms with Gasteiger partial charge in [0.25, 0.3) is 0 Å². The standard InChI is InChI=1S/C12H5Cl5N2O2/c13-6-5(7(14)9(16)10(17)8(6)15)4-3(12(20)21)1-2-19-11(4)18/h1-2H,(H2,18,19)(H,20,21). The van der Waals surface area contributed by atoms with Crippen LogP contribution in [0.4, 0.5) is 5.82 Å². The third-order valence-corrected chi connectivity index (χ3v) is 4.95. The number of aromatic carboxylic acids is 1. The number of carboxylic acid groups (broad SMARTS) is 1. The SMILES string of the molecule is Nc1nccc(C(=O)O)c1-c1c(Cl)c(Cl)c(Cl)c(Cl)c1Cl. The Morgan fingerprint density at radius 2 is 1.43 bits per heavy atom. The van der Waals surface area contributed by atoms with Gasteiger partial charge in [0.15, 0.2) is 0 Å². The lowest BCUT2D eigenvalue weighted by molar-refractivity contribution is 0.0697. The minimum Gasteiger partial charge on any atom is -0.478 e. The maximum absolute atomic E-state index is 11.3. The summed E-state index contributed by atoms with van der Waals surface area (Å²) in [7, 11) is 0. The van der Waals surface area contributed by atoms with Gasteiger partial charge in [-0.3, -0.25) is 0 Å². The minimum absolute atomic E-state index is 0.0282. The molecule has 0 radical (unpaired) electrons. The number of aromatic nitrogens is 1. The first-order valence-electron chi connectivity index (χ1n) is 5.27. The van der Waals surface area contributed by atoms with Crippen molar-refractivity contribution in [2.24, 2.45) is 0 Å². The number of carboxylic acids is 1. The maximum atomic E-state index is 11.3. The van der Waals surface area contributed by atoms with Gasteiger partial charge in [-0.1, -0.05) is 58.0 Å². The lowest BCUT2D eigenvalue weighted by Crippen LogP contribution is -2.05. The average Bonchev–Trinajstić information content (AvgIpc) is 2.44. The molecule has 0 saturated heterocycles. The fourth-order valence-corrected chi connectivity index (χ4v) is 3.07. The van der Waals surface area contributed by atoms with Crippen LogP contribution in [0.25, 0.3) is 11.1 Å². The molecule has 0 amide bonds. The molecule has 0 aliphatic rings. The molecule has 0 fully saturated rings. The third-order valence-electron chi connectivity index (χ3n) is 2.67. The summed E-state index contributed by atoms with van der Waals surface area (Å²) in [5.41, 5.74) is 5.72. The molecule has 0 bridgehead atoms. The van der Waals surface area contributed by atoms with E-state index in [1.54, 1.807) is 0 Å². The van der Waals surface area contributed by atoms with Crippen molar-refractivity contribution in [1.82, 2.24) is 4.98 Å². The fraction of sp³-hybridized carbons (Fsp3) is 0. The number of hydrogen-bond acceptors (Lipinski definition) is 3. The summed E-state index contributed by atoms with van der Waals surface area (Å²) in [6, 6.07) is 1.26. The molecule has 1 aromatic heterocycles. The van der Waals surface area contributed by atoms with Crippen molar-refractivity contribution in [3.05, 3.63) is 42.9 Å². The van der Waals surface area contributed by atoms with Crippen LogP contribution in [0.1, 0.15) is 10.4 Å². The Morgan fingerprint density at radius 3 is 1.90 bits per heavy atom. The summed E-state index contributed by atoms with van der Waals surface area (Å²) >= 11 is 30.1. The molecular weight excluding hydrogens is 381 g/mol. The number of nitrogens with two attached hydrogens (primary N) is 1. The summed E-state index contributed by atoms with van der Waals surface area (Å²) in [5, 5.41) is 9.01. The highest BCUT2D eigenvalue weighted by atomic mass is 35.5. The molecule has 1 heterocycles. The van der Waals surface area contributed by atoms with E-state index in [2.05, 4.69) is 4.98 Å². The zero-order valence-electron chi connectivity index (χ0n) is 9.92. The molecule has 0 saturated carbocycles. The molecular formula is C12H5Cl5N2O2. The van der Waals surface area contributed by atoms with Crippen LogP contribution in [0.15, 0.2) is 12.3 Å². The van der Waals surface area contributed by atoms with Gasteiger partial charge in [-0.15, -0.1) is 0 Å². The molecule has 2 rings (SSSR count). The molecule has 0 spiro atoms. The van der Waals surface area contributed by atoms with Crippen molar-refractivity contribution in [2.75, 3.05) is 5.73 Å². The highest BCUT2D eigenvalue weighted by molar-refractivity contribution is 6.56. The average molecular weight is 386 g/mol. The van der Waals surface area contributed by atoms with E-state index in [1.165, 1.54) is 12.3 Å². The number of nitrogens with zero attached hydrogens (tertiary/aromatic N) is 1. The number of anilines is 1. The molecule has 9 heteroatoms. The summed E-state index contributed by atoms with van der Waals surface area (Å²) in [6.45, 7) is 0. The maximum Gasteiger partial charge on any atom is 0.336 e. The fourth-order valence-electron chi connectivity index (χ4n) is 1.74. The lowest BCUT2D eigenvalue weighted by Gasteiger charge is -2.15. The van der Waals surface area contributed by atoms with E-state index in [4.69, 9.17) is 63.7 Å². The number of benzene rings is 1. The first-order valence-corrected chi connectivity index (χ1v) is 7.15. The van der Waals surface area contributed by atoms with Crippen LogP contribution in [-0.4, -0.2) is 16.1 Å². The largest absolute Gasteiger partial charge is 0.478 e. The van der Waals surface area contributed by atoms with E-state index in [0.29, 0.717) is 0 Å². The summed E-state index contributed by atoms with van der Waals surface area (Å²) in [6.07, 6.45) is 1.25. The molecule has 21 heavy (non-hydrogen) atoms. The first-order chi connectivity index (χ1) is 9.77. The van der Waals surface area contributed by atoms with Crippen LogP contribution in [0, 0.1) is 0 Å². The molecule has 0 unspecified atom stereocenters. The molecule has 4 nitrogen and oxygen atoms in total. The number of halogens is 5. The second-order valence-corrected chi connectivity index (χ2v) is 5.76. The van der Waals surface area contributed by atoms with Crippen LogP contribution < -0.4 is 5.73 Å². The van der Waals surface area contributed by atoms with Gasteiger partial charge in [-0.05, 0) is 6.07 Å². The van der Waals surface area contributed by atoms with Gasteiger partial charge in [0.2, 0.25) is 0 Å². The molecule has 3 N–H and O–H groups in total. The number of nitrogen functional groups attached to an aromatic ring is 1. The van der Waals surface area contributed by atoms with Gasteiger partial charge >= 0.3 is 5.97 Å². The normalized spacial score (nSPS) is 10.7. The monoisotopic (exact) mass is 384 g/mol. The Kier molecular flexibility index (Phi) is 4.76. The van der Waals surface area contributed by atoms with E-state index in [1.807, 2.05) is 0 Å².